The first-order chi connectivity index (χ1) is 8.76. The van der Waals surface area contributed by atoms with Crippen LogP contribution >= 0.6 is 12.2 Å². The number of methoxy groups -OCH3 is 1. The molecule has 0 spiro atoms. The Morgan fingerprint density at radius 3 is 2.50 bits per heavy atom. The van der Waals surface area contributed by atoms with Crippen LogP contribution in [0.1, 0.15) is 5.56 Å². The van der Waals surface area contributed by atoms with Crippen LogP contribution in [0.5, 0.6) is 5.75 Å². The molecule has 0 aliphatic rings. The van der Waals surface area contributed by atoms with Crippen LogP contribution in [0.2, 0.25) is 0 Å². The number of hydrogen-bond donors (Lipinski definition) is 2. The van der Waals surface area contributed by atoms with Crippen molar-refractivity contribution in [3.63, 3.8) is 0 Å². The van der Waals surface area contributed by atoms with Crippen molar-refractivity contribution in [2.45, 2.75) is 6.61 Å². The Hall–Kier alpha value is -1.63. The summed E-state index contributed by atoms with van der Waals surface area (Å²) in [5.41, 5.74) is 0.857. The average molecular weight is 271 g/mol. The number of benzene rings is 1. The molecule has 0 fully saturated rings. The Labute approximate surface area is 110 Å². The second-order valence-electron chi connectivity index (χ2n) is 2.87. The first-order valence-corrected chi connectivity index (χ1v) is 5.17. The molecular weight excluding hydrogens is 258 g/mol. The molecule has 0 aliphatic carbocycles. The summed E-state index contributed by atoms with van der Waals surface area (Å²) >= 11 is 4.77. The summed E-state index contributed by atoms with van der Waals surface area (Å²) in [6.45, 7) is 4.90. The van der Waals surface area contributed by atoms with Crippen molar-refractivity contribution in [1.82, 2.24) is 5.32 Å². The van der Waals surface area contributed by atoms with Crippen molar-refractivity contribution in [1.29, 1.82) is 0 Å². The Kier molecular flexibility index (Phi) is 9.57. The van der Waals surface area contributed by atoms with Crippen LogP contribution in [0.3, 0.4) is 0 Å². The molecule has 0 unspecified atom stereocenters. The van der Waals surface area contributed by atoms with Gasteiger partial charge in [-0.3, -0.25) is 5.26 Å². The monoisotopic (exact) mass is 271 g/mol. The van der Waals surface area contributed by atoms with Crippen molar-refractivity contribution in [3.8, 4) is 5.75 Å². The van der Waals surface area contributed by atoms with E-state index in [4.69, 9.17) is 31.6 Å². The molecule has 0 radical (unpaired) electrons. The minimum atomic E-state index is 0.159. The van der Waals surface area contributed by atoms with Crippen molar-refractivity contribution < 1.29 is 24.3 Å². The zero-order valence-corrected chi connectivity index (χ0v) is 10.5. The van der Waals surface area contributed by atoms with Gasteiger partial charge in [0.1, 0.15) is 12.4 Å². The normalized spacial score (nSPS) is 8.67. The zero-order valence-electron chi connectivity index (χ0n) is 9.71. The van der Waals surface area contributed by atoms with E-state index in [1.807, 2.05) is 0 Å². The summed E-state index contributed by atoms with van der Waals surface area (Å²) in [6, 6.07) is 7.12. The van der Waals surface area contributed by atoms with Crippen molar-refractivity contribution >= 4 is 17.4 Å². The number of ether oxygens (including phenoxy) is 2. The first kappa shape index (κ1) is 16.4. The Morgan fingerprint density at radius 1 is 1.39 bits per heavy atom. The summed E-state index contributed by atoms with van der Waals surface area (Å²) < 4.78 is 17.6. The van der Waals surface area contributed by atoms with Crippen LogP contribution in [0.25, 0.3) is 0 Å². The molecule has 0 aliphatic heterocycles. The van der Waals surface area contributed by atoms with Gasteiger partial charge < -0.3 is 14.8 Å². The van der Waals surface area contributed by atoms with E-state index in [-0.39, 0.29) is 18.5 Å². The van der Waals surface area contributed by atoms with E-state index in [0.717, 1.165) is 5.56 Å². The molecule has 0 bridgehead atoms. The second kappa shape index (κ2) is 10.5. The fourth-order valence-electron chi connectivity index (χ4n) is 1.01. The summed E-state index contributed by atoms with van der Waals surface area (Å²) in [5, 5.41) is 11.3. The van der Waals surface area contributed by atoms with Gasteiger partial charge in [0.25, 0.3) is 5.17 Å². The molecule has 1 rings (SSSR count). The molecule has 7 heteroatoms. The minimum absolute atomic E-state index is 0.159. The Morgan fingerprint density at radius 2 is 2.00 bits per heavy atom. The predicted molar refractivity (Wildman–Crippen MR) is 66.0 cm³/mol. The van der Waals surface area contributed by atoms with Gasteiger partial charge in [-0.15, -0.1) is 0 Å². The summed E-state index contributed by atoms with van der Waals surface area (Å²) in [4.78, 5) is 4.01. The molecule has 0 heterocycles. The van der Waals surface area contributed by atoms with E-state index >= 15 is 0 Å². The molecule has 98 valence electrons. The summed E-state index contributed by atoms with van der Waals surface area (Å²) in [5.74, 6) is 0.688. The van der Waals surface area contributed by atoms with E-state index in [1.165, 1.54) is 7.11 Å². The van der Waals surface area contributed by atoms with Crippen LogP contribution in [0.15, 0.2) is 24.3 Å². The van der Waals surface area contributed by atoms with Gasteiger partial charge in [-0.1, -0.05) is 12.1 Å². The van der Waals surface area contributed by atoms with E-state index < -0.39 is 0 Å². The van der Waals surface area contributed by atoms with Gasteiger partial charge in [0.15, 0.2) is 6.73 Å². The fourth-order valence-corrected chi connectivity index (χ4v) is 1.07. The molecule has 1 aromatic carbocycles. The quantitative estimate of drug-likeness (QED) is 0.211. The maximum atomic E-state index is 8.25. The van der Waals surface area contributed by atoms with Gasteiger partial charge in [-0.2, -0.15) is 0 Å². The molecule has 0 saturated heterocycles. The standard InChI is InChI=1S/C10H13NO4S.CO/c1-13-10(16)11-7-14-9-4-2-8(3-5-9)6-15-12;1-2/h2-5,12H,6-7H2,1H3,(H,11,16);. The van der Waals surface area contributed by atoms with E-state index in [1.54, 1.807) is 24.3 Å². The molecule has 0 aromatic heterocycles. The van der Waals surface area contributed by atoms with E-state index in [0.29, 0.717) is 5.75 Å². The molecular formula is C11H13NO5S. The van der Waals surface area contributed by atoms with Gasteiger partial charge in [-0.25, -0.2) is 4.89 Å². The average Bonchev–Trinajstić information content (AvgIpc) is 2.43. The third-order valence-corrected chi connectivity index (χ3v) is 2.11. The van der Waals surface area contributed by atoms with Gasteiger partial charge in [0.05, 0.1) is 7.11 Å². The SMILES string of the molecule is COC(=S)NCOc1ccc(COO)cc1.[C-]#[O+]. The fraction of sp³-hybridized carbons (Fsp3) is 0.273. The number of nitrogens with one attached hydrogen (secondary N) is 1. The summed E-state index contributed by atoms with van der Waals surface area (Å²) in [7, 11) is 1.49. The molecule has 6 nitrogen and oxygen atoms in total. The second-order valence-corrected chi connectivity index (χ2v) is 3.25. The maximum absolute atomic E-state index is 8.25. The zero-order chi connectivity index (χ0) is 13.8. The number of rotatable bonds is 5. The van der Waals surface area contributed by atoms with E-state index in [9.17, 15) is 0 Å². The van der Waals surface area contributed by atoms with Crippen LogP contribution in [-0.2, 0) is 20.9 Å². The molecule has 18 heavy (non-hydrogen) atoms. The molecule has 0 amide bonds. The number of thiocarbonyl (C=S) groups is 1. The molecule has 0 saturated carbocycles. The molecule has 2 N–H and O–H groups in total. The first-order valence-electron chi connectivity index (χ1n) is 4.76. The van der Waals surface area contributed by atoms with Crippen molar-refractivity contribution in [3.05, 3.63) is 36.5 Å². The van der Waals surface area contributed by atoms with Gasteiger partial charge >= 0.3 is 11.3 Å². The van der Waals surface area contributed by atoms with Gasteiger partial charge in [-0.05, 0) is 29.9 Å². The molecule has 1 aromatic rings. The van der Waals surface area contributed by atoms with Crippen LogP contribution < -0.4 is 10.1 Å². The Bertz CT molecular complexity index is 365. The summed E-state index contributed by atoms with van der Waals surface area (Å²) in [6.07, 6.45) is 0. The topological polar surface area (TPSA) is 79.8 Å². The van der Waals surface area contributed by atoms with E-state index in [2.05, 4.69) is 16.9 Å². The van der Waals surface area contributed by atoms with Gasteiger partial charge in [0, 0.05) is 0 Å². The van der Waals surface area contributed by atoms with Crippen LogP contribution in [0, 0.1) is 6.65 Å². The number of hydrogen-bond acceptors (Lipinski definition) is 5. The van der Waals surface area contributed by atoms with Gasteiger partial charge in [0.2, 0.25) is 0 Å². The van der Waals surface area contributed by atoms with Crippen LogP contribution in [0.4, 0.5) is 0 Å². The Balaban J connectivity index is 0.00000137. The third kappa shape index (κ3) is 6.85. The van der Waals surface area contributed by atoms with Crippen molar-refractivity contribution in [2.75, 3.05) is 13.8 Å². The molecule has 0 atom stereocenters. The third-order valence-electron chi connectivity index (χ3n) is 1.80. The van der Waals surface area contributed by atoms with Crippen molar-refractivity contribution in [2.24, 2.45) is 0 Å². The van der Waals surface area contributed by atoms with Crippen LogP contribution in [-0.4, -0.2) is 24.3 Å². The predicted octanol–water partition coefficient (Wildman–Crippen LogP) is 1.50.